The summed E-state index contributed by atoms with van der Waals surface area (Å²) < 4.78 is 22.7. The first-order valence-corrected chi connectivity index (χ1v) is 8.99. The van der Waals surface area contributed by atoms with Gasteiger partial charge in [-0.3, -0.25) is 0 Å². The average Bonchev–Trinajstić information content (AvgIpc) is 2.85. The van der Waals surface area contributed by atoms with Gasteiger partial charge in [-0.25, -0.2) is 8.42 Å². The van der Waals surface area contributed by atoms with E-state index >= 15 is 0 Å². The van der Waals surface area contributed by atoms with Crippen molar-refractivity contribution in [1.29, 1.82) is 0 Å². The standard InChI is InChI=1S/C15H21NO2S/c17-19(18)8-6-15(7-9-19)16-11-12-4-5-13-2-1-3-14(13)10-12/h4-5,10,15-16H,1-3,6-9,11H2. The molecule has 0 bridgehead atoms. The van der Waals surface area contributed by atoms with Crippen LogP contribution in [0.15, 0.2) is 18.2 Å². The molecule has 1 fully saturated rings. The molecule has 0 spiro atoms. The molecule has 1 N–H and O–H groups in total. The molecular formula is C15H21NO2S. The first kappa shape index (κ1) is 13.1. The lowest BCUT2D eigenvalue weighted by Crippen LogP contribution is -2.37. The predicted octanol–water partition coefficient (Wildman–Crippen LogP) is 1.84. The molecule has 3 rings (SSSR count). The molecule has 1 saturated heterocycles. The highest BCUT2D eigenvalue weighted by molar-refractivity contribution is 7.91. The second-order valence-electron chi connectivity index (χ2n) is 5.76. The minimum atomic E-state index is -2.75. The summed E-state index contributed by atoms with van der Waals surface area (Å²) in [5.74, 6) is 0.684. The van der Waals surface area contributed by atoms with Gasteiger partial charge in [0, 0.05) is 12.6 Å². The Morgan fingerprint density at radius 3 is 2.63 bits per heavy atom. The molecule has 19 heavy (non-hydrogen) atoms. The second kappa shape index (κ2) is 5.25. The Bertz CT molecular complexity index is 552. The molecule has 0 radical (unpaired) electrons. The molecule has 0 unspecified atom stereocenters. The lowest BCUT2D eigenvalue weighted by Gasteiger charge is -2.23. The number of benzene rings is 1. The van der Waals surface area contributed by atoms with Crippen LogP contribution in [0.4, 0.5) is 0 Å². The molecular weight excluding hydrogens is 258 g/mol. The topological polar surface area (TPSA) is 46.2 Å². The number of sulfone groups is 1. The van der Waals surface area contributed by atoms with Crippen LogP contribution in [-0.2, 0) is 29.2 Å². The van der Waals surface area contributed by atoms with E-state index in [2.05, 4.69) is 23.5 Å². The second-order valence-corrected chi connectivity index (χ2v) is 8.07. The Balaban J connectivity index is 1.55. The molecule has 1 aliphatic heterocycles. The summed E-state index contributed by atoms with van der Waals surface area (Å²) in [6.45, 7) is 0.859. The molecule has 2 aliphatic rings. The minimum Gasteiger partial charge on any atom is -0.310 e. The van der Waals surface area contributed by atoms with E-state index in [1.54, 1.807) is 0 Å². The van der Waals surface area contributed by atoms with Crippen LogP contribution in [0.25, 0.3) is 0 Å². The number of rotatable bonds is 3. The Morgan fingerprint density at radius 1 is 1.11 bits per heavy atom. The summed E-state index contributed by atoms with van der Waals surface area (Å²) in [5.41, 5.74) is 4.34. The molecule has 0 atom stereocenters. The fourth-order valence-corrected chi connectivity index (χ4v) is 4.58. The third kappa shape index (κ3) is 3.18. The first-order chi connectivity index (χ1) is 9.12. The fourth-order valence-electron chi connectivity index (χ4n) is 3.09. The highest BCUT2D eigenvalue weighted by Gasteiger charge is 2.23. The van der Waals surface area contributed by atoms with Gasteiger partial charge in [0.2, 0.25) is 0 Å². The van der Waals surface area contributed by atoms with Gasteiger partial charge in [-0.1, -0.05) is 18.2 Å². The van der Waals surface area contributed by atoms with Crippen molar-refractivity contribution in [1.82, 2.24) is 5.32 Å². The van der Waals surface area contributed by atoms with Gasteiger partial charge in [-0.05, 0) is 48.8 Å². The minimum absolute atomic E-state index is 0.342. The SMILES string of the molecule is O=S1(=O)CCC(NCc2ccc3c(c2)CCC3)CC1. The number of nitrogens with one attached hydrogen (secondary N) is 1. The number of fused-ring (bicyclic) bond motifs is 1. The molecule has 0 amide bonds. The highest BCUT2D eigenvalue weighted by Crippen LogP contribution is 2.23. The van der Waals surface area contributed by atoms with Crippen LogP contribution in [0.5, 0.6) is 0 Å². The fraction of sp³-hybridized carbons (Fsp3) is 0.600. The number of aryl methyl sites for hydroxylation is 2. The molecule has 3 nitrogen and oxygen atoms in total. The van der Waals surface area contributed by atoms with E-state index in [-0.39, 0.29) is 0 Å². The molecule has 0 aromatic heterocycles. The van der Waals surface area contributed by atoms with Crippen molar-refractivity contribution in [3.8, 4) is 0 Å². The van der Waals surface area contributed by atoms with Crippen LogP contribution in [0.1, 0.15) is 36.0 Å². The summed E-state index contributed by atoms with van der Waals surface area (Å²) >= 11 is 0. The maximum absolute atomic E-state index is 11.4. The van der Waals surface area contributed by atoms with E-state index in [1.165, 1.54) is 36.0 Å². The third-order valence-corrected chi connectivity index (χ3v) is 6.03. The van der Waals surface area contributed by atoms with Gasteiger partial charge in [0.25, 0.3) is 0 Å². The van der Waals surface area contributed by atoms with Crippen molar-refractivity contribution in [2.75, 3.05) is 11.5 Å². The molecule has 104 valence electrons. The van der Waals surface area contributed by atoms with Crippen LogP contribution in [0, 0.1) is 0 Å². The summed E-state index contributed by atoms with van der Waals surface area (Å²) in [7, 11) is -2.75. The van der Waals surface area contributed by atoms with Crippen molar-refractivity contribution in [3.63, 3.8) is 0 Å². The average molecular weight is 279 g/mol. The van der Waals surface area contributed by atoms with Crippen molar-refractivity contribution in [3.05, 3.63) is 34.9 Å². The van der Waals surface area contributed by atoms with Crippen LogP contribution in [0.3, 0.4) is 0 Å². The Labute approximate surface area is 115 Å². The van der Waals surface area contributed by atoms with Crippen molar-refractivity contribution >= 4 is 9.84 Å². The summed E-state index contributed by atoms with van der Waals surface area (Å²) in [5, 5.41) is 3.50. The largest absolute Gasteiger partial charge is 0.310 e. The lowest BCUT2D eigenvalue weighted by molar-refractivity contribution is 0.463. The van der Waals surface area contributed by atoms with Crippen molar-refractivity contribution < 1.29 is 8.42 Å². The van der Waals surface area contributed by atoms with Gasteiger partial charge < -0.3 is 5.32 Å². The van der Waals surface area contributed by atoms with Gasteiger partial charge in [0.15, 0.2) is 0 Å². The van der Waals surface area contributed by atoms with Crippen LogP contribution < -0.4 is 5.32 Å². The normalized spacial score (nSPS) is 22.3. The van der Waals surface area contributed by atoms with E-state index in [9.17, 15) is 8.42 Å². The van der Waals surface area contributed by atoms with Gasteiger partial charge in [0.05, 0.1) is 11.5 Å². The molecule has 4 heteroatoms. The Morgan fingerprint density at radius 2 is 1.84 bits per heavy atom. The molecule has 1 heterocycles. The zero-order chi connectivity index (χ0) is 13.3. The van der Waals surface area contributed by atoms with E-state index in [0.717, 1.165) is 19.4 Å². The van der Waals surface area contributed by atoms with Crippen LogP contribution in [-0.4, -0.2) is 26.0 Å². The highest BCUT2D eigenvalue weighted by atomic mass is 32.2. The number of hydrogen-bond acceptors (Lipinski definition) is 3. The van der Waals surface area contributed by atoms with Crippen molar-refractivity contribution in [2.24, 2.45) is 0 Å². The summed E-state index contributed by atoms with van der Waals surface area (Å²) in [6, 6.07) is 7.13. The molecule has 1 aromatic carbocycles. The van der Waals surface area contributed by atoms with Gasteiger partial charge in [0.1, 0.15) is 9.84 Å². The van der Waals surface area contributed by atoms with Gasteiger partial charge in [-0.15, -0.1) is 0 Å². The zero-order valence-electron chi connectivity index (χ0n) is 11.2. The van der Waals surface area contributed by atoms with E-state index < -0.39 is 9.84 Å². The molecule has 1 aromatic rings. The van der Waals surface area contributed by atoms with Crippen molar-refractivity contribution in [2.45, 2.75) is 44.7 Å². The monoisotopic (exact) mass is 279 g/mol. The summed E-state index contributed by atoms with van der Waals surface area (Å²) in [6.07, 6.45) is 5.24. The Hall–Kier alpha value is -0.870. The molecule has 1 aliphatic carbocycles. The van der Waals surface area contributed by atoms with Gasteiger partial charge in [-0.2, -0.15) is 0 Å². The van der Waals surface area contributed by atoms with Gasteiger partial charge >= 0.3 is 0 Å². The zero-order valence-corrected chi connectivity index (χ0v) is 12.0. The number of hydrogen-bond donors (Lipinski definition) is 1. The van der Waals surface area contributed by atoms with Crippen LogP contribution >= 0.6 is 0 Å². The predicted molar refractivity (Wildman–Crippen MR) is 77.0 cm³/mol. The van der Waals surface area contributed by atoms with E-state index in [1.807, 2.05) is 0 Å². The summed E-state index contributed by atoms with van der Waals surface area (Å²) in [4.78, 5) is 0. The quantitative estimate of drug-likeness (QED) is 0.918. The maximum Gasteiger partial charge on any atom is 0.150 e. The first-order valence-electron chi connectivity index (χ1n) is 7.17. The van der Waals surface area contributed by atoms with Crippen LogP contribution in [0.2, 0.25) is 0 Å². The third-order valence-electron chi connectivity index (χ3n) is 4.31. The smallest absolute Gasteiger partial charge is 0.150 e. The lowest BCUT2D eigenvalue weighted by atomic mass is 10.1. The Kier molecular flexibility index (Phi) is 3.63. The van der Waals surface area contributed by atoms with E-state index in [4.69, 9.17) is 0 Å². The molecule has 0 saturated carbocycles. The van der Waals surface area contributed by atoms with E-state index in [0.29, 0.717) is 17.5 Å². The maximum atomic E-state index is 11.4.